The van der Waals surface area contributed by atoms with E-state index in [0.29, 0.717) is 6.04 Å². The van der Waals surface area contributed by atoms with Crippen molar-refractivity contribution in [3.05, 3.63) is 42.2 Å². The van der Waals surface area contributed by atoms with Crippen LogP contribution in [-0.4, -0.2) is 37.5 Å². The maximum absolute atomic E-state index is 4.48. The molecule has 0 bridgehead atoms. The van der Waals surface area contributed by atoms with Crippen molar-refractivity contribution in [3.63, 3.8) is 0 Å². The van der Waals surface area contributed by atoms with Gasteiger partial charge in [0.05, 0.1) is 6.04 Å². The molecule has 0 aliphatic carbocycles. The number of unbranched alkanes of at least 4 members (excludes halogenated alkanes) is 4. The highest BCUT2D eigenvalue weighted by Crippen LogP contribution is 2.20. The molecule has 1 aromatic carbocycles. The van der Waals surface area contributed by atoms with Gasteiger partial charge in [0.15, 0.2) is 5.96 Å². The van der Waals surface area contributed by atoms with E-state index in [0.717, 1.165) is 18.3 Å². The van der Waals surface area contributed by atoms with Gasteiger partial charge in [-0.25, -0.2) is 0 Å². The molecular weight excluding hydrogens is 296 g/mol. The largest absolute Gasteiger partial charge is 0.336 e. The van der Waals surface area contributed by atoms with Crippen LogP contribution in [0.1, 0.15) is 46.0 Å². The number of aliphatic imine (C=N–C) groups is 1. The molecule has 0 aromatic heterocycles. The summed E-state index contributed by atoms with van der Waals surface area (Å²) in [6.07, 6.45) is 8.78. The molecule has 0 amide bonds. The third kappa shape index (κ3) is 4.76. The molecule has 1 N–H and O–H groups in total. The highest BCUT2D eigenvalue weighted by molar-refractivity contribution is 5.84. The van der Waals surface area contributed by atoms with Crippen LogP contribution in [0.25, 0.3) is 0 Å². The fourth-order valence-electron chi connectivity index (χ4n) is 3.11. The van der Waals surface area contributed by atoms with E-state index in [4.69, 9.17) is 0 Å². The van der Waals surface area contributed by atoms with E-state index in [9.17, 15) is 0 Å². The van der Waals surface area contributed by atoms with Crippen LogP contribution in [0.15, 0.2) is 47.2 Å². The quantitative estimate of drug-likeness (QED) is 0.725. The minimum atomic E-state index is 0.345. The van der Waals surface area contributed by atoms with Crippen molar-refractivity contribution in [3.8, 4) is 0 Å². The van der Waals surface area contributed by atoms with Gasteiger partial charge >= 0.3 is 0 Å². The van der Waals surface area contributed by atoms with Crippen molar-refractivity contribution in [2.24, 2.45) is 4.99 Å². The molecule has 1 aliphatic heterocycles. The average Bonchev–Trinajstić information content (AvgIpc) is 2.62. The van der Waals surface area contributed by atoms with E-state index in [1.165, 1.54) is 37.8 Å². The van der Waals surface area contributed by atoms with Gasteiger partial charge in [0.1, 0.15) is 5.82 Å². The van der Waals surface area contributed by atoms with Crippen LogP contribution in [0.3, 0.4) is 0 Å². The molecule has 1 unspecified atom stereocenters. The van der Waals surface area contributed by atoms with Crippen LogP contribution in [0.5, 0.6) is 0 Å². The molecule has 0 fully saturated rings. The van der Waals surface area contributed by atoms with E-state index in [-0.39, 0.29) is 0 Å². The molecule has 4 heteroatoms. The van der Waals surface area contributed by atoms with Gasteiger partial charge < -0.3 is 15.1 Å². The molecule has 4 nitrogen and oxygen atoms in total. The van der Waals surface area contributed by atoms with Crippen LogP contribution in [-0.2, 0) is 0 Å². The predicted octanol–water partition coefficient (Wildman–Crippen LogP) is 4.21. The van der Waals surface area contributed by atoms with Crippen molar-refractivity contribution in [2.75, 3.05) is 25.5 Å². The number of hydrogen-bond acceptors (Lipinski definition) is 2. The van der Waals surface area contributed by atoms with Gasteiger partial charge in [0.25, 0.3) is 0 Å². The number of nitrogens with one attached hydrogen (secondary N) is 1. The third-order valence-corrected chi connectivity index (χ3v) is 4.62. The first kappa shape index (κ1) is 18.4. The van der Waals surface area contributed by atoms with Crippen LogP contribution in [0, 0.1) is 0 Å². The summed E-state index contributed by atoms with van der Waals surface area (Å²) >= 11 is 0. The third-order valence-electron chi connectivity index (χ3n) is 4.62. The zero-order valence-corrected chi connectivity index (χ0v) is 15.6. The van der Waals surface area contributed by atoms with E-state index in [1.807, 2.05) is 13.1 Å². The summed E-state index contributed by atoms with van der Waals surface area (Å²) < 4.78 is 0. The fourth-order valence-corrected chi connectivity index (χ4v) is 3.11. The van der Waals surface area contributed by atoms with Crippen LogP contribution in [0.4, 0.5) is 5.69 Å². The second-order valence-electron chi connectivity index (χ2n) is 6.47. The Morgan fingerprint density at radius 2 is 1.83 bits per heavy atom. The lowest BCUT2D eigenvalue weighted by Gasteiger charge is -2.38. The molecular formula is C20H32N4. The average molecular weight is 329 g/mol. The summed E-state index contributed by atoms with van der Waals surface area (Å²) in [4.78, 5) is 9.03. The van der Waals surface area contributed by atoms with E-state index < -0.39 is 0 Å². The number of hydrogen-bond donors (Lipinski definition) is 1. The van der Waals surface area contributed by atoms with Crippen LogP contribution >= 0.6 is 0 Å². The topological polar surface area (TPSA) is 30.9 Å². The summed E-state index contributed by atoms with van der Waals surface area (Å²) in [5, 5.41) is 3.50. The Labute approximate surface area is 147 Å². The summed E-state index contributed by atoms with van der Waals surface area (Å²) in [6.45, 7) is 5.56. The number of benzene rings is 1. The van der Waals surface area contributed by atoms with Gasteiger partial charge in [-0.15, -0.1) is 0 Å². The van der Waals surface area contributed by atoms with Crippen molar-refractivity contribution < 1.29 is 0 Å². The zero-order valence-electron chi connectivity index (χ0n) is 15.6. The van der Waals surface area contributed by atoms with Crippen molar-refractivity contribution in [1.82, 2.24) is 10.2 Å². The number of rotatable bonds is 8. The minimum absolute atomic E-state index is 0.345. The number of para-hydroxylation sites is 1. The van der Waals surface area contributed by atoms with Crippen molar-refractivity contribution in [2.45, 2.75) is 52.0 Å². The van der Waals surface area contributed by atoms with E-state index >= 15 is 0 Å². The normalized spacial score (nSPS) is 19.2. The molecule has 2 rings (SSSR count). The Hall–Kier alpha value is -1.97. The molecule has 1 atom stereocenters. The molecule has 1 heterocycles. The first-order valence-corrected chi connectivity index (χ1v) is 9.18. The molecule has 132 valence electrons. The molecule has 24 heavy (non-hydrogen) atoms. The predicted molar refractivity (Wildman–Crippen MR) is 104 cm³/mol. The maximum Gasteiger partial charge on any atom is 0.199 e. The monoisotopic (exact) mass is 328 g/mol. The first-order chi connectivity index (χ1) is 11.7. The summed E-state index contributed by atoms with van der Waals surface area (Å²) in [5.41, 5.74) is 1.17. The maximum atomic E-state index is 4.48. The summed E-state index contributed by atoms with van der Waals surface area (Å²) in [7, 11) is 3.96. The Bertz CT molecular complexity index is 550. The number of guanidine groups is 1. The van der Waals surface area contributed by atoms with Gasteiger partial charge in [0.2, 0.25) is 0 Å². The number of anilines is 1. The standard InChI is InChI=1S/C20H32N4/c1-5-6-7-8-12-15-24-17(2)16-19(22-20(24)21-3)23(4)18-13-10-9-11-14-18/h9-11,13-14,16-17H,5-8,12,15H2,1-4H3,(H,21,22). The molecule has 1 aliphatic rings. The molecule has 0 saturated heterocycles. The fraction of sp³-hybridized carbons (Fsp3) is 0.550. The molecule has 0 spiro atoms. The Balaban J connectivity index is 2.01. The Kier molecular flexibility index (Phi) is 7.16. The lowest BCUT2D eigenvalue weighted by molar-refractivity contribution is 0.342. The van der Waals surface area contributed by atoms with Crippen molar-refractivity contribution >= 4 is 11.6 Å². The molecule has 0 saturated carbocycles. The zero-order chi connectivity index (χ0) is 17.4. The minimum Gasteiger partial charge on any atom is -0.336 e. The smallest absolute Gasteiger partial charge is 0.199 e. The Morgan fingerprint density at radius 3 is 2.50 bits per heavy atom. The lowest BCUT2D eigenvalue weighted by Crippen LogP contribution is -2.52. The summed E-state index contributed by atoms with van der Waals surface area (Å²) in [6, 6.07) is 10.8. The second-order valence-corrected chi connectivity index (χ2v) is 6.47. The Morgan fingerprint density at radius 1 is 1.12 bits per heavy atom. The SMILES string of the molecule is CCCCCCCN1C(=NC)NC(N(C)c2ccccc2)=CC1C. The van der Waals surface area contributed by atoms with Gasteiger partial charge in [-0.1, -0.05) is 50.8 Å². The highest BCUT2D eigenvalue weighted by atomic mass is 15.4. The highest BCUT2D eigenvalue weighted by Gasteiger charge is 2.24. The molecule has 1 aromatic rings. The van der Waals surface area contributed by atoms with E-state index in [2.05, 4.69) is 71.3 Å². The van der Waals surface area contributed by atoms with Gasteiger partial charge in [-0.3, -0.25) is 4.99 Å². The van der Waals surface area contributed by atoms with Gasteiger partial charge in [-0.2, -0.15) is 0 Å². The number of nitrogens with zero attached hydrogens (tertiary/aromatic N) is 3. The molecule has 0 radical (unpaired) electrons. The van der Waals surface area contributed by atoms with Crippen LogP contribution < -0.4 is 10.2 Å². The summed E-state index contributed by atoms with van der Waals surface area (Å²) in [5.74, 6) is 2.06. The first-order valence-electron chi connectivity index (χ1n) is 9.18. The van der Waals surface area contributed by atoms with Gasteiger partial charge in [0, 0.05) is 26.3 Å². The second kappa shape index (κ2) is 9.36. The van der Waals surface area contributed by atoms with E-state index in [1.54, 1.807) is 0 Å². The lowest BCUT2D eigenvalue weighted by atomic mass is 10.1. The van der Waals surface area contributed by atoms with Crippen LogP contribution in [0.2, 0.25) is 0 Å². The van der Waals surface area contributed by atoms with Gasteiger partial charge in [-0.05, 0) is 31.6 Å². The van der Waals surface area contributed by atoms with Crippen molar-refractivity contribution in [1.29, 1.82) is 0 Å².